The third-order valence-corrected chi connectivity index (χ3v) is 2.99. The van der Waals surface area contributed by atoms with Crippen molar-refractivity contribution in [3.05, 3.63) is 23.3 Å². The third kappa shape index (κ3) is 2.06. The first-order chi connectivity index (χ1) is 8.17. The first-order valence-corrected chi connectivity index (χ1v) is 5.36. The number of methoxy groups -OCH3 is 2. The first kappa shape index (κ1) is 11.7. The van der Waals surface area contributed by atoms with Crippen molar-refractivity contribution in [1.29, 1.82) is 0 Å². The van der Waals surface area contributed by atoms with Gasteiger partial charge in [-0.15, -0.1) is 0 Å². The standard InChI is InChI=1S/C12H15NO4/c1-16-10-4-3-7-6-13-9(12(14)15)5-8(7)11(10)17-2/h3-4,9,13H,5-6H2,1-2H3,(H,14,15)/t9-/m1/s1. The van der Waals surface area contributed by atoms with Gasteiger partial charge in [0.1, 0.15) is 6.04 Å². The van der Waals surface area contributed by atoms with Gasteiger partial charge in [-0.3, -0.25) is 4.79 Å². The molecule has 0 aromatic heterocycles. The average Bonchev–Trinajstić information content (AvgIpc) is 2.36. The zero-order valence-electron chi connectivity index (χ0n) is 9.82. The van der Waals surface area contributed by atoms with Crippen LogP contribution < -0.4 is 14.8 Å². The van der Waals surface area contributed by atoms with Crippen LogP contribution in [0.4, 0.5) is 0 Å². The van der Waals surface area contributed by atoms with Crippen LogP contribution in [0.15, 0.2) is 12.1 Å². The van der Waals surface area contributed by atoms with Gasteiger partial charge in [-0.1, -0.05) is 6.07 Å². The van der Waals surface area contributed by atoms with Gasteiger partial charge in [0.25, 0.3) is 0 Å². The maximum Gasteiger partial charge on any atom is 0.321 e. The van der Waals surface area contributed by atoms with Crippen LogP contribution in [0.1, 0.15) is 11.1 Å². The zero-order chi connectivity index (χ0) is 12.4. The van der Waals surface area contributed by atoms with Gasteiger partial charge >= 0.3 is 5.97 Å². The number of nitrogens with one attached hydrogen (secondary N) is 1. The van der Waals surface area contributed by atoms with Crippen LogP contribution in [0.2, 0.25) is 0 Å². The number of ether oxygens (including phenoxy) is 2. The fourth-order valence-electron chi connectivity index (χ4n) is 2.11. The monoisotopic (exact) mass is 237 g/mol. The van der Waals surface area contributed by atoms with Gasteiger partial charge < -0.3 is 19.9 Å². The third-order valence-electron chi connectivity index (χ3n) is 2.99. The van der Waals surface area contributed by atoms with Crippen molar-refractivity contribution in [2.45, 2.75) is 19.0 Å². The summed E-state index contributed by atoms with van der Waals surface area (Å²) in [4.78, 5) is 11.0. The molecule has 0 unspecified atom stereocenters. The van der Waals surface area contributed by atoms with E-state index in [1.165, 1.54) is 0 Å². The minimum absolute atomic E-state index is 0.408. The van der Waals surface area contributed by atoms with E-state index in [-0.39, 0.29) is 0 Å². The minimum Gasteiger partial charge on any atom is -0.493 e. The fourth-order valence-corrected chi connectivity index (χ4v) is 2.11. The first-order valence-electron chi connectivity index (χ1n) is 5.36. The molecule has 17 heavy (non-hydrogen) atoms. The molecule has 92 valence electrons. The summed E-state index contributed by atoms with van der Waals surface area (Å²) in [5.74, 6) is 0.426. The highest BCUT2D eigenvalue weighted by Gasteiger charge is 2.27. The van der Waals surface area contributed by atoms with Crippen LogP contribution >= 0.6 is 0 Å². The van der Waals surface area contributed by atoms with Crippen molar-refractivity contribution >= 4 is 5.97 Å². The number of benzene rings is 1. The Hall–Kier alpha value is -1.75. The minimum atomic E-state index is -0.847. The lowest BCUT2D eigenvalue weighted by Crippen LogP contribution is -2.41. The molecule has 1 aliphatic heterocycles. The van der Waals surface area contributed by atoms with Crippen LogP contribution in [0.25, 0.3) is 0 Å². The highest BCUT2D eigenvalue weighted by Crippen LogP contribution is 2.35. The van der Waals surface area contributed by atoms with Gasteiger partial charge in [-0.05, 0) is 11.6 Å². The summed E-state index contributed by atoms with van der Waals surface area (Å²) in [6, 6.07) is 3.20. The molecule has 0 spiro atoms. The largest absolute Gasteiger partial charge is 0.493 e. The Bertz CT molecular complexity index is 444. The molecule has 5 heteroatoms. The van der Waals surface area contributed by atoms with E-state index in [4.69, 9.17) is 14.6 Å². The number of rotatable bonds is 3. The van der Waals surface area contributed by atoms with Gasteiger partial charge in [0.2, 0.25) is 0 Å². The number of hydrogen-bond acceptors (Lipinski definition) is 4. The SMILES string of the molecule is COc1ccc2c(c1OC)C[C@H](C(=O)O)NC2. The second-order valence-corrected chi connectivity index (χ2v) is 3.91. The Kier molecular flexibility index (Phi) is 3.19. The summed E-state index contributed by atoms with van der Waals surface area (Å²) in [7, 11) is 3.13. The Morgan fingerprint density at radius 3 is 2.76 bits per heavy atom. The van der Waals surface area contributed by atoms with Crippen LogP contribution in [0, 0.1) is 0 Å². The molecule has 0 saturated carbocycles. The van der Waals surface area contributed by atoms with E-state index < -0.39 is 12.0 Å². The number of carboxylic acids is 1. The summed E-state index contributed by atoms with van der Waals surface area (Å²) in [5.41, 5.74) is 1.97. The molecular weight excluding hydrogens is 222 g/mol. The lowest BCUT2D eigenvalue weighted by Gasteiger charge is -2.25. The molecule has 0 radical (unpaired) electrons. The van der Waals surface area contributed by atoms with Gasteiger partial charge in [0, 0.05) is 18.5 Å². The quantitative estimate of drug-likeness (QED) is 0.814. The second-order valence-electron chi connectivity index (χ2n) is 3.91. The summed E-state index contributed by atoms with van der Waals surface area (Å²) < 4.78 is 10.5. The van der Waals surface area contributed by atoms with E-state index in [2.05, 4.69) is 5.32 Å². The second kappa shape index (κ2) is 4.63. The Balaban J connectivity index is 2.42. The Morgan fingerprint density at radius 2 is 2.18 bits per heavy atom. The molecule has 0 bridgehead atoms. The van der Waals surface area contributed by atoms with Crippen molar-refractivity contribution in [3.8, 4) is 11.5 Å². The number of fused-ring (bicyclic) bond motifs is 1. The van der Waals surface area contributed by atoms with E-state index in [0.29, 0.717) is 24.5 Å². The van der Waals surface area contributed by atoms with Gasteiger partial charge in [0.05, 0.1) is 14.2 Å². The van der Waals surface area contributed by atoms with Crippen molar-refractivity contribution in [1.82, 2.24) is 5.32 Å². The van der Waals surface area contributed by atoms with E-state index in [1.807, 2.05) is 12.1 Å². The zero-order valence-corrected chi connectivity index (χ0v) is 9.82. The molecule has 1 heterocycles. The fraction of sp³-hybridized carbons (Fsp3) is 0.417. The summed E-state index contributed by atoms with van der Waals surface area (Å²) in [6.07, 6.45) is 0.408. The van der Waals surface area contributed by atoms with Gasteiger partial charge in [0.15, 0.2) is 11.5 Å². The number of carbonyl (C=O) groups is 1. The molecule has 1 aromatic carbocycles. The van der Waals surface area contributed by atoms with Crippen molar-refractivity contribution in [2.24, 2.45) is 0 Å². The molecule has 0 amide bonds. The highest BCUT2D eigenvalue weighted by atomic mass is 16.5. The smallest absolute Gasteiger partial charge is 0.321 e. The molecule has 5 nitrogen and oxygen atoms in total. The molecule has 0 fully saturated rings. The molecule has 0 aliphatic carbocycles. The Labute approximate surface area is 99.3 Å². The highest BCUT2D eigenvalue weighted by molar-refractivity contribution is 5.75. The van der Waals surface area contributed by atoms with Crippen LogP contribution in [-0.4, -0.2) is 31.3 Å². The van der Waals surface area contributed by atoms with Gasteiger partial charge in [-0.2, -0.15) is 0 Å². The summed E-state index contributed by atoms with van der Waals surface area (Å²) in [5, 5.41) is 12.0. The number of hydrogen-bond donors (Lipinski definition) is 2. The van der Waals surface area contributed by atoms with E-state index in [9.17, 15) is 4.79 Å². The van der Waals surface area contributed by atoms with E-state index in [1.54, 1.807) is 14.2 Å². The van der Waals surface area contributed by atoms with E-state index in [0.717, 1.165) is 11.1 Å². The number of carboxylic acid groups (broad SMARTS) is 1. The predicted molar refractivity (Wildman–Crippen MR) is 61.5 cm³/mol. The summed E-state index contributed by atoms with van der Waals surface area (Å²) >= 11 is 0. The molecule has 1 aliphatic rings. The molecule has 2 rings (SSSR count). The molecule has 2 N–H and O–H groups in total. The molecule has 0 saturated heterocycles. The number of aliphatic carboxylic acids is 1. The summed E-state index contributed by atoms with van der Waals surface area (Å²) in [6.45, 7) is 0.534. The lowest BCUT2D eigenvalue weighted by molar-refractivity contribution is -0.139. The molecule has 1 aromatic rings. The Morgan fingerprint density at radius 1 is 1.41 bits per heavy atom. The maximum absolute atomic E-state index is 11.0. The average molecular weight is 237 g/mol. The van der Waals surface area contributed by atoms with Crippen LogP contribution in [0.3, 0.4) is 0 Å². The van der Waals surface area contributed by atoms with Crippen molar-refractivity contribution < 1.29 is 19.4 Å². The maximum atomic E-state index is 11.0. The predicted octanol–water partition coefficient (Wildman–Crippen LogP) is 0.803. The van der Waals surface area contributed by atoms with E-state index >= 15 is 0 Å². The normalized spacial score (nSPS) is 18.4. The molecular formula is C12H15NO4. The van der Waals surface area contributed by atoms with Crippen molar-refractivity contribution in [2.75, 3.05) is 14.2 Å². The lowest BCUT2D eigenvalue weighted by atomic mass is 9.94. The topological polar surface area (TPSA) is 67.8 Å². The molecule has 1 atom stereocenters. The van der Waals surface area contributed by atoms with Crippen LogP contribution in [0.5, 0.6) is 11.5 Å². The van der Waals surface area contributed by atoms with Crippen molar-refractivity contribution in [3.63, 3.8) is 0 Å². The van der Waals surface area contributed by atoms with Crippen LogP contribution in [-0.2, 0) is 17.8 Å². The van der Waals surface area contributed by atoms with Gasteiger partial charge in [-0.25, -0.2) is 0 Å².